The minimum absolute atomic E-state index is 0.0103. The van der Waals surface area contributed by atoms with E-state index in [2.05, 4.69) is 256 Å². The van der Waals surface area contributed by atoms with E-state index < -0.39 is 0 Å². The minimum atomic E-state index is -0.0215. The largest absolute Gasteiger partial charge is 0.311 e. The molecule has 0 spiro atoms. The average molecular weight is 1020 g/mol. The van der Waals surface area contributed by atoms with E-state index in [1.165, 1.54) is 110 Å². The van der Waals surface area contributed by atoms with Crippen molar-refractivity contribution in [1.29, 1.82) is 0 Å². The van der Waals surface area contributed by atoms with E-state index in [1.54, 1.807) is 0 Å². The van der Waals surface area contributed by atoms with E-state index in [0.29, 0.717) is 0 Å². The number of hydrogen-bond acceptors (Lipinski definition) is 4. The first-order valence-electron chi connectivity index (χ1n) is 28.7. The molecule has 0 saturated heterocycles. The molecule has 0 unspecified atom stereocenters. The van der Waals surface area contributed by atoms with Crippen molar-refractivity contribution in [2.75, 3.05) is 14.7 Å². The van der Waals surface area contributed by atoms with Gasteiger partial charge in [0.15, 0.2) is 0 Å². The Morgan fingerprint density at radius 2 is 0.753 bits per heavy atom. The van der Waals surface area contributed by atoms with Crippen LogP contribution in [0.1, 0.15) is 155 Å². The summed E-state index contributed by atoms with van der Waals surface area (Å²) in [6.07, 6.45) is 6.98. The molecule has 0 N–H and O–H groups in total. The summed E-state index contributed by atoms with van der Waals surface area (Å²) in [6.45, 7) is 29.9. The van der Waals surface area contributed by atoms with E-state index >= 15 is 0 Å². The summed E-state index contributed by atoms with van der Waals surface area (Å²) in [5, 5.41) is 2.65. The molecule has 3 nitrogen and oxygen atoms in total. The fourth-order valence-electron chi connectivity index (χ4n) is 15.0. The fraction of sp³-hybridized carbons (Fsp3) is 0.333. The van der Waals surface area contributed by atoms with Crippen LogP contribution >= 0.6 is 11.3 Å². The van der Waals surface area contributed by atoms with Gasteiger partial charge in [0, 0.05) is 65.7 Å². The first kappa shape index (κ1) is 48.8. The molecule has 1 aromatic heterocycles. The van der Waals surface area contributed by atoms with Crippen LogP contribution in [-0.2, 0) is 32.5 Å². The predicted molar refractivity (Wildman–Crippen MR) is 334 cm³/mol. The summed E-state index contributed by atoms with van der Waals surface area (Å²) in [5.74, 6) is 0. The molecule has 8 aromatic carbocycles. The van der Waals surface area contributed by atoms with Crippen molar-refractivity contribution < 1.29 is 0 Å². The number of fused-ring (bicyclic) bond motifs is 10. The van der Waals surface area contributed by atoms with Gasteiger partial charge in [-0.25, -0.2) is 0 Å². The highest BCUT2D eigenvalue weighted by Crippen LogP contribution is 2.56. The molecule has 2 aliphatic heterocycles. The Morgan fingerprint density at radius 3 is 1.26 bits per heavy atom. The molecule has 0 fully saturated rings. The Hall–Kier alpha value is -6.56. The van der Waals surface area contributed by atoms with Crippen molar-refractivity contribution in [3.8, 4) is 0 Å². The summed E-state index contributed by atoms with van der Waals surface area (Å²) in [5.41, 5.74) is 24.3. The smallest absolute Gasteiger partial charge is 0.252 e. The molecule has 3 aliphatic carbocycles. The Morgan fingerprint density at radius 1 is 0.351 bits per heavy atom. The van der Waals surface area contributed by atoms with Crippen LogP contribution < -0.4 is 31.1 Å². The van der Waals surface area contributed by atoms with Crippen molar-refractivity contribution >= 4 is 106 Å². The monoisotopic (exact) mass is 1020 g/mol. The fourth-order valence-corrected chi connectivity index (χ4v) is 16.1. The molecular weight excluding hydrogens is 950 g/mol. The van der Waals surface area contributed by atoms with Gasteiger partial charge < -0.3 is 14.7 Å². The number of anilines is 9. The highest BCUT2D eigenvalue weighted by atomic mass is 32.1. The van der Waals surface area contributed by atoms with E-state index in [0.717, 1.165) is 49.2 Å². The third kappa shape index (κ3) is 7.34. The summed E-state index contributed by atoms with van der Waals surface area (Å²) in [4.78, 5) is 7.94. The van der Waals surface area contributed by atoms with Gasteiger partial charge >= 0.3 is 0 Å². The second-order valence-corrected chi connectivity index (χ2v) is 28.8. The summed E-state index contributed by atoms with van der Waals surface area (Å²) >= 11 is 1.92. The van der Waals surface area contributed by atoms with Crippen LogP contribution in [0.5, 0.6) is 0 Å². The number of para-hydroxylation sites is 2. The zero-order valence-electron chi connectivity index (χ0n) is 47.6. The van der Waals surface area contributed by atoms with Crippen LogP contribution in [0, 0.1) is 0 Å². The molecule has 0 amide bonds. The van der Waals surface area contributed by atoms with Crippen molar-refractivity contribution in [3.63, 3.8) is 0 Å². The zero-order chi connectivity index (χ0) is 53.3. The maximum atomic E-state index is 2.74. The van der Waals surface area contributed by atoms with E-state index in [1.807, 2.05) is 11.3 Å². The second kappa shape index (κ2) is 16.5. The van der Waals surface area contributed by atoms with Gasteiger partial charge in [-0.15, -0.1) is 11.3 Å². The highest BCUT2D eigenvalue weighted by molar-refractivity contribution is 7.25. The number of hydrogen-bond donors (Lipinski definition) is 0. The van der Waals surface area contributed by atoms with Gasteiger partial charge in [0.1, 0.15) is 0 Å². The van der Waals surface area contributed by atoms with E-state index in [4.69, 9.17) is 0 Å². The molecule has 14 rings (SSSR count). The van der Waals surface area contributed by atoms with Gasteiger partial charge in [-0.3, -0.25) is 0 Å². The van der Waals surface area contributed by atoms with Crippen molar-refractivity contribution in [3.05, 3.63) is 191 Å². The third-order valence-electron chi connectivity index (χ3n) is 20.0. The van der Waals surface area contributed by atoms with Gasteiger partial charge in [0.2, 0.25) is 0 Å². The number of rotatable bonds is 5. The van der Waals surface area contributed by atoms with Gasteiger partial charge in [-0.2, -0.15) is 0 Å². The highest BCUT2D eigenvalue weighted by Gasteiger charge is 2.49. The lowest BCUT2D eigenvalue weighted by Crippen LogP contribution is -2.62. The molecule has 0 radical (unpaired) electrons. The third-order valence-corrected chi connectivity index (χ3v) is 21.1. The molecule has 3 heterocycles. The maximum absolute atomic E-state index is 2.74. The molecular formula is C72H74BN3S. The van der Waals surface area contributed by atoms with Crippen molar-refractivity contribution in [2.24, 2.45) is 0 Å². The second-order valence-electron chi connectivity index (χ2n) is 27.7. The lowest BCUT2D eigenvalue weighted by atomic mass is 9.32. The van der Waals surface area contributed by atoms with Gasteiger partial charge in [-0.05, 0) is 200 Å². The summed E-state index contributed by atoms with van der Waals surface area (Å²) in [6, 6.07) is 62.0. The quantitative estimate of drug-likeness (QED) is 0.159. The van der Waals surface area contributed by atoms with Gasteiger partial charge in [0.25, 0.3) is 6.71 Å². The molecule has 5 heteroatoms. The average Bonchev–Trinajstić information content (AvgIpc) is 3.92. The molecule has 9 aromatic rings. The van der Waals surface area contributed by atoms with Gasteiger partial charge in [0.05, 0.1) is 5.69 Å². The minimum Gasteiger partial charge on any atom is -0.311 e. The van der Waals surface area contributed by atoms with E-state index in [-0.39, 0.29) is 39.2 Å². The van der Waals surface area contributed by atoms with Crippen LogP contribution in [0.15, 0.2) is 158 Å². The number of nitrogens with zero attached hydrogens (tertiary/aromatic N) is 3. The molecule has 77 heavy (non-hydrogen) atoms. The number of benzene rings is 8. The molecule has 0 atom stereocenters. The van der Waals surface area contributed by atoms with Crippen LogP contribution in [0.2, 0.25) is 0 Å². The summed E-state index contributed by atoms with van der Waals surface area (Å²) in [7, 11) is 0. The SMILES string of the molecule is CC1(C)CCC(C)(C)c2cc(N3c4cc5c(cc4B4c6cc7c(cc6N(c6ccc8c(c6)sc6ccccc68)c6cc(N(c8ccccc8)c8ccccc8)cc3c64)C(C)(C)CCC7(C)C)C(C)(C)CCC5(C)C)ccc21. The van der Waals surface area contributed by atoms with E-state index in [9.17, 15) is 0 Å². The topological polar surface area (TPSA) is 9.72 Å². The molecule has 0 saturated carbocycles. The lowest BCUT2D eigenvalue weighted by Gasteiger charge is -2.49. The Kier molecular flexibility index (Phi) is 10.5. The summed E-state index contributed by atoms with van der Waals surface area (Å²) < 4.78 is 2.64. The maximum Gasteiger partial charge on any atom is 0.252 e. The van der Waals surface area contributed by atoms with Gasteiger partial charge in [-0.1, -0.05) is 162 Å². The first-order chi connectivity index (χ1) is 36.6. The predicted octanol–water partition coefficient (Wildman–Crippen LogP) is 18.7. The molecule has 5 aliphatic rings. The van der Waals surface area contributed by atoms with Crippen LogP contribution in [0.3, 0.4) is 0 Å². The molecule has 386 valence electrons. The Balaban J connectivity index is 1.16. The van der Waals surface area contributed by atoms with Crippen LogP contribution in [0.25, 0.3) is 20.2 Å². The Labute approximate surface area is 463 Å². The zero-order valence-corrected chi connectivity index (χ0v) is 48.4. The lowest BCUT2D eigenvalue weighted by molar-refractivity contribution is 0.332. The van der Waals surface area contributed by atoms with Crippen LogP contribution in [0.4, 0.5) is 51.2 Å². The standard InChI is InChI=1S/C72H74BN3S/c1-67(2)31-32-68(3,4)53-37-47(28-30-52(53)67)75-60-43-56-54(69(5,6)33-35-71(56,9)10)41-58(60)73-59-42-55-57(72(11,12)36-34-70(55,7)8)44-61(59)76(48-27-29-51-50-25-19-20-26-64(50)77-65(51)40-48)63-39-49(38-62(75)66(63)73)74(45-21-15-13-16-22-45)46-23-17-14-18-24-46/h13-30,37-44H,31-36H2,1-12H3. The molecule has 0 bridgehead atoms. The van der Waals surface area contributed by atoms with Crippen molar-refractivity contribution in [2.45, 2.75) is 154 Å². The number of thiophene rings is 1. The first-order valence-corrected chi connectivity index (χ1v) is 29.6. The Bertz CT molecular complexity index is 3870. The van der Waals surface area contributed by atoms with Crippen LogP contribution in [-0.4, -0.2) is 6.71 Å². The normalized spacial score (nSPS) is 19.4. The van der Waals surface area contributed by atoms with Crippen molar-refractivity contribution in [1.82, 2.24) is 0 Å².